The van der Waals surface area contributed by atoms with Crippen LogP contribution >= 0.6 is 15.9 Å². The SMILES string of the molecule is Cc1nn(-c2cc([N+](=O)[O-])ccn2)c(C)c1Br. The minimum atomic E-state index is -0.452. The fraction of sp³-hybridized carbons (Fsp3) is 0.200. The molecule has 0 atom stereocenters. The highest BCUT2D eigenvalue weighted by Gasteiger charge is 2.13. The minimum Gasteiger partial charge on any atom is -0.258 e. The first-order valence-electron chi connectivity index (χ1n) is 4.83. The zero-order valence-electron chi connectivity index (χ0n) is 9.22. The third kappa shape index (κ3) is 2.05. The van der Waals surface area contributed by atoms with Crippen molar-refractivity contribution < 1.29 is 4.92 Å². The first kappa shape index (κ1) is 11.7. The van der Waals surface area contributed by atoms with E-state index >= 15 is 0 Å². The molecule has 0 spiro atoms. The molecule has 0 aliphatic heterocycles. The van der Waals surface area contributed by atoms with Gasteiger partial charge in [-0.25, -0.2) is 9.67 Å². The smallest absolute Gasteiger partial charge is 0.258 e. The quantitative estimate of drug-likeness (QED) is 0.630. The maximum Gasteiger partial charge on any atom is 0.274 e. The number of pyridine rings is 1. The van der Waals surface area contributed by atoms with Crippen molar-refractivity contribution in [2.24, 2.45) is 0 Å². The molecule has 2 aromatic heterocycles. The van der Waals surface area contributed by atoms with Gasteiger partial charge in [0.25, 0.3) is 5.69 Å². The molecule has 0 amide bonds. The summed E-state index contributed by atoms with van der Waals surface area (Å²) < 4.78 is 2.46. The summed E-state index contributed by atoms with van der Waals surface area (Å²) in [6.45, 7) is 3.72. The van der Waals surface area contributed by atoms with Gasteiger partial charge in [0.05, 0.1) is 26.9 Å². The Morgan fingerprint density at radius 1 is 1.47 bits per heavy atom. The van der Waals surface area contributed by atoms with Crippen LogP contribution in [0.5, 0.6) is 0 Å². The van der Waals surface area contributed by atoms with Gasteiger partial charge in [0, 0.05) is 12.3 Å². The summed E-state index contributed by atoms with van der Waals surface area (Å²) in [5, 5.41) is 14.9. The molecule has 6 nitrogen and oxygen atoms in total. The highest BCUT2D eigenvalue weighted by atomic mass is 79.9. The summed E-state index contributed by atoms with van der Waals surface area (Å²) in [6.07, 6.45) is 1.40. The largest absolute Gasteiger partial charge is 0.274 e. The molecule has 0 aliphatic carbocycles. The van der Waals surface area contributed by atoms with Crippen molar-refractivity contribution in [2.75, 3.05) is 0 Å². The summed E-state index contributed by atoms with van der Waals surface area (Å²) in [5.74, 6) is 0.436. The van der Waals surface area contributed by atoms with Crippen molar-refractivity contribution in [1.82, 2.24) is 14.8 Å². The lowest BCUT2D eigenvalue weighted by molar-refractivity contribution is -0.384. The van der Waals surface area contributed by atoms with Crippen LogP contribution in [0.1, 0.15) is 11.4 Å². The Bertz CT molecular complexity index is 594. The lowest BCUT2D eigenvalue weighted by Gasteiger charge is -2.02. The highest BCUT2D eigenvalue weighted by molar-refractivity contribution is 9.10. The van der Waals surface area contributed by atoms with Crippen LogP contribution in [0.25, 0.3) is 5.82 Å². The van der Waals surface area contributed by atoms with Gasteiger partial charge in [-0.15, -0.1) is 0 Å². The maximum absolute atomic E-state index is 10.7. The Hall–Kier alpha value is -1.76. The van der Waals surface area contributed by atoms with Crippen LogP contribution < -0.4 is 0 Å². The molecule has 0 aliphatic rings. The summed E-state index contributed by atoms with van der Waals surface area (Å²) in [5.41, 5.74) is 1.67. The van der Waals surface area contributed by atoms with Gasteiger partial charge in [0.1, 0.15) is 0 Å². The van der Waals surface area contributed by atoms with Crippen LogP contribution in [0, 0.1) is 24.0 Å². The predicted molar refractivity (Wildman–Crippen MR) is 65.2 cm³/mol. The zero-order chi connectivity index (χ0) is 12.6. The second-order valence-corrected chi connectivity index (χ2v) is 4.32. The Morgan fingerprint density at radius 2 is 2.18 bits per heavy atom. The molecule has 0 unspecified atom stereocenters. The van der Waals surface area contributed by atoms with E-state index in [1.807, 2.05) is 13.8 Å². The number of aromatic nitrogens is 3. The molecule has 0 aromatic carbocycles. The van der Waals surface area contributed by atoms with E-state index in [-0.39, 0.29) is 5.69 Å². The maximum atomic E-state index is 10.7. The first-order chi connectivity index (χ1) is 8.00. The van der Waals surface area contributed by atoms with E-state index in [0.717, 1.165) is 15.9 Å². The van der Waals surface area contributed by atoms with Crippen molar-refractivity contribution in [3.8, 4) is 5.82 Å². The molecule has 2 aromatic rings. The Balaban J connectivity index is 2.56. The molecule has 17 heavy (non-hydrogen) atoms. The normalized spacial score (nSPS) is 10.5. The van der Waals surface area contributed by atoms with E-state index in [0.29, 0.717) is 5.82 Å². The molecule has 88 valence electrons. The number of hydrogen-bond donors (Lipinski definition) is 0. The molecule has 0 saturated carbocycles. The molecule has 0 saturated heterocycles. The third-order valence-electron chi connectivity index (χ3n) is 2.36. The molecule has 0 bridgehead atoms. The topological polar surface area (TPSA) is 73.8 Å². The van der Waals surface area contributed by atoms with Gasteiger partial charge in [0.15, 0.2) is 5.82 Å². The van der Waals surface area contributed by atoms with E-state index in [9.17, 15) is 10.1 Å². The van der Waals surface area contributed by atoms with E-state index < -0.39 is 4.92 Å². The number of nitro groups is 1. The van der Waals surface area contributed by atoms with E-state index in [1.54, 1.807) is 4.68 Å². The van der Waals surface area contributed by atoms with Gasteiger partial charge in [-0.3, -0.25) is 10.1 Å². The summed E-state index contributed by atoms with van der Waals surface area (Å²) >= 11 is 3.40. The number of aryl methyl sites for hydroxylation is 1. The summed E-state index contributed by atoms with van der Waals surface area (Å²) in [4.78, 5) is 14.3. The second kappa shape index (κ2) is 4.25. The lowest BCUT2D eigenvalue weighted by atomic mass is 10.4. The number of nitrogens with zero attached hydrogens (tertiary/aromatic N) is 4. The fourth-order valence-electron chi connectivity index (χ4n) is 1.48. The van der Waals surface area contributed by atoms with Crippen LogP contribution in [0.15, 0.2) is 22.8 Å². The van der Waals surface area contributed by atoms with Crippen LogP contribution in [-0.2, 0) is 0 Å². The van der Waals surface area contributed by atoms with Gasteiger partial charge in [-0.05, 0) is 29.8 Å². The first-order valence-corrected chi connectivity index (χ1v) is 5.62. The van der Waals surface area contributed by atoms with Gasteiger partial charge in [-0.1, -0.05) is 0 Å². The summed E-state index contributed by atoms with van der Waals surface area (Å²) in [6, 6.07) is 2.75. The number of halogens is 1. The molecular weight excluding hydrogens is 288 g/mol. The van der Waals surface area contributed by atoms with Gasteiger partial charge >= 0.3 is 0 Å². The number of rotatable bonds is 2. The average Bonchev–Trinajstić information content (AvgIpc) is 2.57. The zero-order valence-corrected chi connectivity index (χ0v) is 10.8. The van der Waals surface area contributed by atoms with Crippen LogP contribution in [0.4, 0.5) is 5.69 Å². The van der Waals surface area contributed by atoms with Crippen molar-refractivity contribution in [3.63, 3.8) is 0 Å². The molecular formula is C10H9BrN4O2. The molecule has 2 heterocycles. The van der Waals surface area contributed by atoms with E-state index in [2.05, 4.69) is 26.0 Å². The minimum absolute atomic E-state index is 0.00123. The van der Waals surface area contributed by atoms with Crippen LogP contribution in [0.2, 0.25) is 0 Å². The van der Waals surface area contributed by atoms with Gasteiger partial charge < -0.3 is 0 Å². The predicted octanol–water partition coefficient (Wildman–Crippen LogP) is 2.55. The van der Waals surface area contributed by atoms with Gasteiger partial charge in [0.2, 0.25) is 0 Å². The van der Waals surface area contributed by atoms with Crippen molar-refractivity contribution in [2.45, 2.75) is 13.8 Å². The van der Waals surface area contributed by atoms with Crippen LogP contribution in [-0.4, -0.2) is 19.7 Å². The lowest BCUT2D eigenvalue weighted by Crippen LogP contribution is -2.02. The molecule has 0 fully saturated rings. The van der Waals surface area contributed by atoms with Crippen molar-refractivity contribution in [1.29, 1.82) is 0 Å². The van der Waals surface area contributed by atoms with E-state index in [1.165, 1.54) is 18.3 Å². The molecule has 2 rings (SSSR count). The van der Waals surface area contributed by atoms with Gasteiger partial charge in [-0.2, -0.15) is 5.10 Å². The number of hydrogen-bond acceptors (Lipinski definition) is 4. The summed E-state index contributed by atoms with van der Waals surface area (Å²) in [7, 11) is 0. The molecule has 7 heteroatoms. The third-order valence-corrected chi connectivity index (χ3v) is 3.51. The Morgan fingerprint density at radius 3 is 2.71 bits per heavy atom. The monoisotopic (exact) mass is 296 g/mol. The van der Waals surface area contributed by atoms with Crippen molar-refractivity contribution >= 4 is 21.6 Å². The Labute approximate surface area is 106 Å². The van der Waals surface area contributed by atoms with Crippen LogP contribution in [0.3, 0.4) is 0 Å². The molecule has 0 radical (unpaired) electrons. The van der Waals surface area contributed by atoms with Crippen molar-refractivity contribution in [3.05, 3.63) is 44.3 Å². The van der Waals surface area contributed by atoms with E-state index in [4.69, 9.17) is 0 Å². The standard InChI is InChI=1S/C10H9BrN4O2/c1-6-10(11)7(2)14(13-6)9-5-8(15(16)17)3-4-12-9/h3-5H,1-2H3. The Kier molecular flexibility index (Phi) is 2.93. The average molecular weight is 297 g/mol. The molecule has 0 N–H and O–H groups in total. The highest BCUT2D eigenvalue weighted by Crippen LogP contribution is 2.23. The fourth-order valence-corrected chi connectivity index (χ4v) is 1.73. The second-order valence-electron chi connectivity index (χ2n) is 3.53.